The fourth-order valence-electron chi connectivity index (χ4n) is 3.65. The Morgan fingerprint density at radius 2 is 1.96 bits per heavy atom. The first-order valence-corrected chi connectivity index (χ1v) is 9.28. The van der Waals surface area contributed by atoms with Gasteiger partial charge in [-0.3, -0.25) is 9.59 Å². The van der Waals surface area contributed by atoms with Crippen molar-refractivity contribution in [2.45, 2.75) is 39.0 Å². The molecule has 2 heterocycles. The summed E-state index contributed by atoms with van der Waals surface area (Å²) in [6.07, 6.45) is 6.77. The minimum atomic E-state index is 0.0143. The van der Waals surface area contributed by atoms with Gasteiger partial charge in [0.1, 0.15) is 5.75 Å². The molecule has 1 aromatic carbocycles. The summed E-state index contributed by atoms with van der Waals surface area (Å²) in [6.45, 7) is 2.52. The molecule has 1 aromatic heterocycles. The molecule has 1 saturated carbocycles. The third kappa shape index (κ3) is 3.14. The van der Waals surface area contributed by atoms with Gasteiger partial charge >= 0.3 is 0 Å². The van der Waals surface area contributed by atoms with Crippen LogP contribution in [0.15, 0.2) is 29.2 Å². The lowest BCUT2D eigenvalue weighted by atomic mass is 9.86. The average Bonchev–Trinajstić information content (AvgIpc) is 2.57. The fourth-order valence-corrected chi connectivity index (χ4v) is 3.65. The van der Waals surface area contributed by atoms with Gasteiger partial charge in [-0.2, -0.15) is 0 Å². The molecule has 0 radical (unpaired) electrons. The molecule has 0 saturated heterocycles. The van der Waals surface area contributed by atoms with E-state index in [0.717, 1.165) is 28.1 Å². The van der Waals surface area contributed by atoms with Crippen LogP contribution < -0.4 is 15.6 Å². The van der Waals surface area contributed by atoms with E-state index in [1.165, 1.54) is 19.3 Å². The molecule has 0 atom stereocenters. The highest BCUT2D eigenvalue weighted by Gasteiger charge is 2.23. The summed E-state index contributed by atoms with van der Waals surface area (Å²) in [6, 6.07) is 6.01. The number of rotatable bonds is 4. The van der Waals surface area contributed by atoms with Crippen LogP contribution in [0, 0.1) is 12.8 Å². The monoisotopic (exact) mass is 352 g/mol. The van der Waals surface area contributed by atoms with E-state index in [1.54, 1.807) is 11.6 Å². The largest absolute Gasteiger partial charge is 0.491 e. The van der Waals surface area contributed by atoms with E-state index in [1.807, 2.05) is 25.3 Å². The molecule has 5 heteroatoms. The Morgan fingerprint density at radius 1 is 1.15 bits per heavy atom. The van der Waals surface area contributed by atoms with E-state index in [9.17, 15) is 9.59 Å². The molecule has 2 aliphatic rings. The number of aromatic nitrogens is 1. The molecule has 0 unspecified atom stereocenters. The Kier molecular flexibility index (Phi) is 4.31. The van der Waals surface area contributed by atoms with Crippen molar-refractivity contribution in [3.8, 4) is 16.9 Å². The third-order valence-corrected chi connectivity index (χ3v) is 5.46. The number of fused-ring (bicyclic) bond motifs is 1. The number of nitrogens with one attached hydrogen (secondary N) is 1. The van der Waals surface area contributed by atoms with Gasteiger partial charge in [0.15, 0.2) is 0 Å². The number of amides is 1. The summed E-state index contributed by atoms with van der Waals surface area (Å²) in [5.41, 5.74) is 4.64. The molecule has 1 aliphatic heterocycles. The van der Waals surface area contributed by atoms with Gasteiger partial charge < -0.3 is 14.6 Å². The van der Waals surface area contributed by atoms with Crippen molar-refractivity contribution in [1.82, 2.24) is 4.57 Å². The van der Waals surface area contributed by atoms with Gasteiger partial charge in [0.25, 0.3) is 5.56 Å². The number of ether oxygens (including phenoxy) is 1. The zero-order chi connectivity index (χ0) is 18.3. The SMILES string of the molecule is Cc1cc(-c2cc3c(c(OCC4CCC4)c2)NC(=O)CC3)cn(C)c1=O. The highest BCUT2D eigenvalue weighted by Crippen LogP contribution is 2.38. The zero-order valence-electron chi connectivity index (χ0n) is 15.3. The Morgan fingerprint density at radius 3 is 2.65 bits per heavy atom. The first kappa shape index (κ1) is 16.9. The number of pyridine rings is 1. The number of carbonyl (C=O) groups is 1. The molecule has 0 bridgehead atoms. The number of carbonyl (C=O) groups excluding carboxylic acids is 1. The number of hydrogen-bond donors (Lipinski definition) is 1. The van der Waals surface area contributed by atoms with Crippen molar-refractivity contribution < 1.29 is 9.53 Å². The van der Waals surface area contributed by atoms with Crippen molar-refractivity contribution in [2.24, 2.45) is 13.0 Å². The van der Waals surface area contributed by atoms with Crippen molar-refractivity contribution in [2.75, 3.05) is 11.9 Å². The van der Waals surface area contributed by atoms with Gasteiger partial charge in [-0.05, 0) is 67.0 Å². The molecular formula is C21H24N2O3. The number of benzene rings is 1. The van der Waals surface area contributed by atoms with Crippen LogP contribution in [0.5, 0.6) is 5.75 Å². The third-order valence-electron chi connectivity index (χ3n) is 5.46. The highest BCUT2D eigenvalue weighted by atomic mass is 16.5. The van der Waals surface area contributed by atoms with E-state index in [0.29, 0.717) is 30.9 Å². The number of aryl methyl sites for hydroxylation is 3. The van der Waals surface area contributed by atoms with Crippen molar-refractivity contribution in [1.29, 1.82) is 0 Å². The second-order valence-corrected chi connectivity index (χ2v) is 7.49. The average molecular weight is 352 g/mol. The molecule has 1 N–H and O–H groups in total. The topological polar surface area (TPSA) is 60.3 Å². The van der Waals surface area contributed by atoms with E-state index < -0.39 is 0 Å². The zero-order valence-corrected chi connectivity index (χ0v) is 15.3. The van der Waals surface area contributed by atoms with Crippen molar-refractivity contribution >= 4 is 11.6 Å². The smallest absolute Gasteiger partial charge is 0.253 e. The predicted molar refractivity (Wildman–Crippen MR) is 102 cm³/mol. The molecular weight excluding hydrogens is 328 g/mol. The van der Waals surface area contributed by atoms with Gasteiger partial charge in [-0.25, -0.2) is 0 Å². The van der Waals surface area contributed by atoms with Gasteiger partial charge in [0.05, 0.1) is 12.3 Å². The summed E-state index contributed by atoms with van der Waals surface area (Å²) in [5, 5.41) is 2.98. The van der Waals surface area contributed by atoms with Crippen LogP contribution in [-0.4, -0.2) is 17.1 Å². The van der Waals surface area contributed by atoms with Crippen LogP contribution >= 0.6 is 0 Å². The predicted octanol–water partition coefficient (Wildman–Crippen LogP) is 3.42. The molecule has 26 heavy (non-hydrogen) atoms. The van der Waals surface area contributed by atoms with E-state index in [2.05, 4.69) is 11.4 Å². The number of hydrogen-bond acceptors (Lipinski definition) is 3. The molecule has 4 rings (SSSR count). The Bertz CT molecular complexity index is 899. The number of anilines is 1. The van der Waals surface area contributed by atoms with Crippen LogP contribution in [-0.2, 0) is 18.3 Å². The lowest BCUT2D eigenvalue weighted by molar-refractivity contribution is -0.116. The summed E-state index contributed by atoms with van der Waals surface area (Å²) < 4.78 is 7.73. The Balaban J connectivity index is 1.75. The lowest BCUT2D eigenvalue weighted by Crippen LogP contribution is -2.23. The highest BCUT2D eigenvalue weighted by molar-refractivity contribution is 5.96. The second-order valence-electron chi connectivity index (χ2n) is 7.49. The maximum atomic E-state index is 12.0. The standard InChI is InChI=1S/C21H24N2O3/c1-13-8-17(11-23(2)21(13)25)16-9-15-6-7-19(24)22-20(15)18(10-16)26-12-14-4-3-5-14/h8-11,14H,3-7,12H2,1-2H3,(H,22,24). The molecule has 136 valence electrons. The maximum Gasteiger partial charge on any atom is 0.253 e. The van der Waals surface area contributed by atoms with Gasteiger partial charge in [-0.15, -0.1) is 0 Å². The van der Waals surface area contributed by atoms with E-state index >= 15 is 0 Å². The van der Waals surface area contributed by atoms with Crippen molar-refractivity contribution in [3.05, 3.63) is 45.9 Å². The van der Waals surface area contributed by atoms with E-state index in [4.69, 9.17) is 4.74 Å². The molecule has 1 amide bonds. The van der Waals surface area contributed by atoms with Crippen molar-refractivity contribution in [3.63, 3.8) is 0 Å². The minimum absolute atomic E-state index is 0.0143. The summed E-state index contributed by atoms with van der Waals surface area (Å²) in [5.74, 6) is 1.40. The van der Waals surface area contributed by atoms with Crippen LogP contribution in [0.1, 0.15) is 36.8 Å². The van der Waals surface area contributed by atoms with Crippen LogP contribution in [0.2, 0.25) is 0 Å². The molecule has 0 spiro atoms. The molecule has 2 aromatic rings. The fraction of sp³-hybridized carbons (Fsp3) is 0.429. The molecule has 5 nitrogen and oxygen atoms in total. The summed E-state index contributed by atoms with van der Waals surface area (Å²) in [7, 11) is 1.77. The first-order valence-electron chi connectivity index (χ1n) is 9.28. The van der Waals surface area contributed by atoms with Crippen LogP contribution in [0.4, 0.5) is 5.69 Å². The second kappa shape index (κ2) is 6.63. The normalized spacial score (nSPS) is 16.6. The first-order chi connectivity index (χ1) is 12.5. The van der Waals surface area contributed by atoms with Crippen LogP contribution in [0.25, 0.3) is 11.1 Å². The molecule has 1 aliphatic carbocycles. The number of nitrogens with zero attached hydrogens (tertiary/aromatic N) is 1. The summed E-state index contributed by atoms with van der Waals surface area (Å²) >= 11 is 0. The summed E-state index contributed by atoms with van der Waals surface area (Å²) in [4.78, 5) is 23.9. The quantitative estimate of drug-likeness (QED) is 0.917. The van der Waals surface area contributed by atoms with Gasteiger partial charge in [-0.1, -0.05) is 6.42 Å². The molecule has 1 fully saturated rings. The van der Waals surface area contributed by atoms with Crippen LogP contribution in [0.3, 0.4) is 0 Å². The Labute approximate surface area is 153 Å². The lowest BCUT2D eigenvalue weighted by Gasteiger charge is -2.27. The minimum Gasteiger partial charge on any atom is -0.491 e. The Hall–Kier alpha value is -2.56. The van der Waals surface area contributed by atoms with Gasteiger partial charge in [0.2, 0.25) is 5.91 Å². The van der Waals surface area contributed by atoms with E-state index in [-0.39, 0.29) is 11.5 Å². The maximum absolute atomic E-state index is 12.0. The van der Waals surface area contributed by atoms with Gasteiger partial charge in [0, 0.05) is 25.2 Å².